The van der Waals surface area contributed by atoms with Gasteiger partial charge in [-0.2, -0.15) is 0 Å². The Morgan fingerprint density at radius 1 is 1.25 bits per heavy atom. The Labute approximate surface area is 141 Å². The number of carbonyl (C=O) groups is 1. The normalized spacial score (nSPS) is 10.9. The van der Waals surface area contributed by atoms with Crippen molar-refractivity contribution in [1.82, 2.24) is 0 Å². The molecule has 0 fully saturated rings. The van der Waals surface area contributed by atoms with E-state index < -0.39 is 17.0 Å². The predicted molar refractivity (Wildman–Crippen MR) is 47.4 cm³/mol. The van der Waals surface area contributed by atoms with Crippen LogP contribution in [0.5, 0.6) is 0 Å². The fraction of sp³-hybridized carbons (Fsp3) is 0.222. The summed E-state index contributed by atoms with van der Waals surface area (Å²) in [6.07, 6.45) is 0. The molecule has 0 aliphatic rings. The average molecular weight is 258 g/mol. The zero-order chi connectivity index (χ0) is 10.9. The Bertz CT molecular complexity index is 420. The minimum absolute atomic E-state index is 0. The van der Waals surface area contributed by atoms with Gasteiger partial charge in [0.2, 0.25) is 0 Å². The van der Waals surface area contributed by atoms with Gasteiger partial charge < -0.3 is 14.5 Å². The quantitative estimate of drug-likeness (QED) is 0.390. The van der Waals surface area contributed by atoms with Gasteiger partial charge >= 0.3 is 59.1 Å². The average Bonchev–Trinajstić information content (AvgIpc) is 2.08. The number of aryl methyl sites for hydroxylation is 1. The molecule has 76 valence electrons. The van der Waals surface area contributed by atoms with Gasteiger partial charge in [0.25, 0.3) is 0 Å². The molecule has 0 amide bonds. The molecular formula is C9H8Na2O4S. The van der Waals surface area contributed by atoms with Crippen molar-refractivity contribution in [3.8, 4) is 0 Å². The number of carboxylic acids is 1. The Kier molecular flexibility index (Phi) is 9.57. The Morgan fingerprint density at radius 2 is 1.75 bits per heavy atom. The second-order valence-corrected chi connectivity index (χ2v) is 3.85. The standard InChI is InChI=1S/C9H10O4S.2Na/c1-5-3-7(9(10)11)4-8(6(5)2)14(12)13;;/h3-4H,1-2H3,(H,10,11)(H,12,13);;/q;2*+1/p-2. The van der Waals surface area contributed by atoms with Crippen LogP contribution in [0.1, 0.15) is 21.5 Å². The van der Waals surface area contributed by atoms with Crippen molar-refractivity contribution in [3.63, 3.8) is 0 Å². The maximum absolute atomic E-state index is 10.7. The zero-order valence-electron chi connectivity index (χ0n) is 9.70. The van der Waals surface area contributed by atoms with Gasteiger partial charge in [0, 0.05) is 4.90 Å². The summed E-state index contributed by atoms with van der Waals surface area (Å²) in [7, 11) is 0. The van der Waals surface area contributed by atoms with E-state index in [9.17, 15) is 18.7 Å². The molecule has 16 heavy (non-hydrogen) atoms. The van der Waals surface area contributed by atoms with E-state index in [-0.39, 0.29) is 69.6 Å². The molecule has 4 nitrogen and oxygen atoms in total. The number of hydrogen-bond acceptors (Lipinski definition) is 4. The van der Waals surface area contributed by atoms with Gasteiger partial charge in [-0.25, -0.2) is 0 Å². The largest absolute Gasteiger partial charge is 1.00 e. The maximum Gasteiger partial charge on any atom is 1.00 e. The summed E-state index contributed by atoms with van der Waals surface area (Å²) in [5.74, 6) is -1.38. The second-order valence-electron chi connectivity index (χ2n) is 2.94. The number of carbonyl (C=O) groups excluding carboxylic acids is 1. The molecule has 0 bridgehead atoms. The smallest absolute Gasteiger partial charge is 0.768 e. The van der Waals surface area contributed by atoms with Crippen LogP contribution in [0.25, 0.3) is 0 Å². The van der Waals surface area contributed by atoms with Crippen molar-refractivity contribution in [3.05, 3.63) is 28.8 Å². The van der Waals surface area contributed by atoms with Crippen LogP contribution in [0, 0.1) is 13.8 Å². The Morgan fingerprint density at radius 3 is 2.12 bits per heavy atom. The van der Waals surface area contributed by atoms with Gasteiger partial charge in [0.15, 0.2) is 0 Å². The van der Waals surface area contributed by atoms with E-state index in [1.807, 2.05) is 0 Å². The Hall–Kier alpha value is 0.800. The molecule has 7 heteroatoms. The number of carboxylic acid groups (broad SMARTS) is 1. The molecule has 0 saturated heterocycles. The summed E-state index contributed by atoms with van der Waals surface area (Å²) < 4.78 is 21.5. The minimum Gasteiger partial charge on any atom is -0.768 e. The van der Waals surface area contributed by atoms with Crippen molar-refractivity contribution in [1.29, 1.82) is 0 Å². The third-order valence-electron chi connectivity index (χ3n) is 2.03. The van der Waals surface area contributed by atoms with Crippen molar-refractivity contribution in [2.45, 2.75) is 18.7 Å². The molecule has 1 atom stereocenters. The summed E-state index contributed by atoms with van der Waals surface area (Å²) in [5, 5.41) is 10.5. The van der Waals surface area contributed by atoms with Crippen LogP contribution in [0.4, 0.5) is 0 Å². The SMILES string of the molecule is Cc1cc(C(=O)[O-])cc(S(=O)[O-])c1C.[Na+].[Na+]. The van der Waals surface area contributed by atoms with E-state index in [2.05, 4.69) is 0 Å². The maximum atomic E-state index is 10.7. The molecule has 1 aromatic carbocycles. The third-order valence-corrected chi connectivity index (χ3v) is 2.82. The molecule has 0 N–H and O–H groups in total. The Balaban J connectivity index is 0. The number of benzene rings is 1. The fourth-order valence-corrected chi connectivity index (χ4v) is 1.75. The molecule has 0 aromatic heterocycles. The number of hydrogen-bond donors (Lipinski definition) is 0. The van der Waals surface area contributed by atoms with Gasteiger partial charge in [0.1, 0.15) is 0 Å². The zero-order valence-corrected chi connectivity index (χ0v) is 14.5. The molecule has 0 spiro atoms. The van der Waals surface area contributed by atoms with Crippen molar-refractivity contribution >= 4 is 17.0 Å². The summed E-state index contributed by atoms with van der Waals surface area (Å²) in [6, 6.07) is 2.49. The van der Waals surface area contributed by atoms with Crippen LogP contribution in [-0.2, 0) is 11.1 Å². The van der Waals surface area contributed by atoms with E-state index >= 15 is 0 Å². The van der Waals surface area contributed by atoms with Gasteiger partial charge in [-0.05, 0) is 53.8 Å². The van der Waals surface area contributed by atoms with E-state index in [4.69, 9.17) is 0 Å². The van der Waals surface area contributed by atoms with Crippen LogP contribution in [0.15, 0.2) is 17.0 Å². The van der Waals surface area contributed by atoms with Crippen LogP contribution in [0.3, 0.4) is 0 Å². The summed E-state index contributed by atoms with van der Waals surface area (Å²) in [6.45, 7) is 3.28. The second kappa shape index (κ2) is 8.00. The minimum atomic E-state index is -2.42. The number of rotatable bonds is 2. The number of aromatic carboxylic acids is 1. The van der Waals surface area contributed by atoms with Crippen molar-refractivity contribution in [2.24, 2.45) is 0 Å². The molecule has 0 heterocycles. The molecule has 0 aliphatic heterocycles. The van der Waals surface area contributed by atoms with E-state index in [0.717, 1.165) is 6.07 Å². The molecule has 0 aliphatic carbocycles. The van der Waals surface area contributed by atoms with Crippen LogP contribution >= 0.6 is 0 Å². The van der Waals surface area contributed by atoms with Gasteiger partial charge in [-0.1, -0.05) is 0 Å². The van der Waals surface area contributed by atoms with Gasteiger partial charge in [-0.15, -0.1) is 0 Å². The van der Waals surface area contributed by atoms with Crippen molar-refractivity contribution < 1.29 is 77.8 Å². The van der Waals surface area contributed by atoms with Gasteiger partial charge in [-0.3, -0.25) is 4.21 Å². The molecule has 1 aromatic rings. The monoisotopic (exact) mass is 258 g/mol. The summed E-state index contributed by atoms with van der Waals surface area (Å²) in [5.41, 5.74) is 1.06. The first-order valence-electron chi connectivity index (χ1n) is 3.85. The molecule has 1 rings (SSSR count). The van der Waals surface area contributed by atoms with Crippen LogP contribution in [0.2, 0.25) is 0 Å². The fourth-order valence-electron chi connectivity index (χ4n) is 1.12. The first-order valence-corrected chi connectivity index (χ1v) is 4.93. The molecule has 0 saturated carbocycles. The first kappa shape index (κ1) is 19.1. The molecule has 1 unspecified atom stereocenters. The predicted octanol–water partition coefficient (Wildman–Crippen LogP) is -6.09. The van der Waals surface area contributed by atoms with Gasteiger partial charge in [0.05, 0.1) is 5.97 Å². The van der Waals surface area contributed by atoms with Crippen LogP contribution in [-0.4, -0.2) is 14.7 Å². The van der Waals surface area contributed by atoms with E-state index in [1.165, 1.54) is 6.07 Å². The third kappa shape index (κ3) is 4.58. The molecular weight excluding hydrogens is 250 g/mol. The molecule has 0 radical (unpaired) electrons. The first-order chi connectivity index (χ1) is 6.43. The summed E-state index contributed by atoms with van der Waals surface area (Å²) >= 11 is -2.42. The van der Waals surface area contributed by atoms with E-state index in [1.54, 1.807) is 13.8 Å². The summed E-state index contributed by atoms with van der Waals surface area (Å²) in [4.78, 5) is 10.5. The topological polar surface area (TPSA) is 80.3 Å². The van der Waals surface area contributed by atoms with Crippen molar-refractivity contribution in [2.75, 3.05) is 0 Å². The van der Waals surface area contributed by atoms with E-state index in [0.29, 0.717) is 11.1 Å². The van der Waals surface area contributed by atoms with Crippen LogP contribution < -0.4 is 64.2 Å².